The lowest BCUT2D eigenvalue weighted by atomic mass is 9.58. The maximum atomic E-state index is 13.5. The summed E-state index contributed by atoms with van der Waals surface area (Å²) in [5.74, 6) is -6.10. The van der Waals surface area contributed by atoms with Gasteiger partial charge in [-0.05, 0) is 25.3 Å². The van der Waals surface area contributed by atoms with E-state index in [2.05, 4.69) is 0 Å². The molecule has 4 N–H and O–H groups in total. The standard InChI is InChI=1S/C31H46O10/c1-8-10-11-12-19(33)39-24-17(5)29(37)18-13-16(4)22(34)30(18,38)26-28(14-32,41-26)23(35)20(29)21-27(6,7)31(21,24)40-25(36)15(3)9-2/h13,15,17-18,20-21,23-24,26,32,35,37-38H,8-12,14H2,1-7H3/t15?,17-,18+,20-,21+,23?,24?,26?,28?,29?,30?,31?/m1/s1. The van der Waals surface area contributed by atoms with Gasteiger partial charge in [0, 0.05) is 35.5 Å². The first-order chi connectivity index (χ1) is 19.1. The molecular formula is C31H46O10. The number of aliphatic hydroxyl groups excluding tert-OH is 2. The van der Waals surface area contributed by atoms with Crippen LogP contribution in [0.4, 0.5) is 0 Å². The molecule has 12 atom stereocenters. The van der Waals surface area contributed by atoms with E-state index in [1.807, 2.05) is 27.7 Å². The molecule has 0 radical (unpaired) electrons. The van der Waals surface area contributed by atoms with Crippen LogP contribution < -0.4 is 0 Å². The zero-order chi connectivity index (χ0) is 30.5. The third-order valence-corrected chi connectivity index (χ3v) is 11.5. The summed E-state index contributed by atoms with van der Waals surface area (Å²) >= 11 is 0. The number of rotatable bonds is 9. The lowest BCUT2D eigenvalue weighted by Gasteiger charge is -2.54. The van der Waals surface area contributed by atoms with Crippen LogP contribution in [0.3, 0.4) is 0 Å². The Hall–Kier alpha value is -1.85. The molecule has 1 saturated heterocycles. The van der Waals surface area contributed by atoms with E-state index in [0.717, 1.165) is 12.8 Å². The van der Waals surface area contributed by atoms with E-state index in [9.17, 15) is 34.8 Å². The Morgan fingerprint density at radius 3 is 2.41 bits per heavy atom. The minimum absolute atomic E-state index is 0.149. The van der Waals surface area contributed by atoms with Crippen molar-refractivity contribution in [2.24, 2.45) is 35.0 Å². The van der Waals surface area contributed by atoms with Crippen molar-refractivity contribution in [1.29, 1.82) is 0 Å². The van der Waals surface area contributed by atoms with Crippen molar-refractivity contribution in [3.8, 4) is 0 Å². The van der Waals surface area contributed by atoms with Gasteiger partial charge in [-0.15, -0.1) is 0 Å². The number of hydrogen-bond donors (Lipinski definition) is 4. The first-order valence-electron chi connectivity index (χ1n) is 15.2. The third-order valence-electron chi connectivity index (χ3n) is 11.5. The summed E-state index contributed by atoms with van der Waals surface area (Å²) in [7, 11) is 0. The van der Waals surface area contributed by atoms with E-state index in [-0.39, 0.29) is 12.0 Å². The average molecular weight is 579 g/mol. The van der Waals surface area contributed by atoms with E-state index in [0.29, 0.717) is 12.8 Å². The number of unbranched alkanes of at least 4 members (excludes halogenated alkanes) is 2. The Balaban J connectivity index is 1.68. The van der Waals surface area contributed by atoms with E-state index in [1.165, 1.54) is 6.08 Å². The van der Waals surface area contributed by atoms with E-state index in [1.54, 1.807) is 20.8 Å². The van der Waals surface area contributed by atoms with Gasteiger partial charge in [-0.25, -0.2) is 0 Å². The second kappa shape index (κ2) is 9.58. The Kier molecular flexibility index (Phi) is 7.15. The van der Waals surface area contributed by atoms with Crippen LogP contribution in [0, 0.1) is 35.0 Å². The van der Waals surface area contributed by atoms with Gasteiger partial charge in [0.25, 0.3) is 0 Å². The van der Waals surface area contributed by atoms with Crippen LogP contribution in [-0.4, -0.2) is 85.5 Å². The second-order valence-electron chi connectivity index (χ2n) is 13.8. The predicted molar refractivity (Wildman–Crippen MR) is 145 cm³/mol. The average Bonchev–Trinajstić information content (AvgIpc) is 3.77. The minimum Gasteiger partial charge on any atom is -0.458 e. The zero-order valence-corrected chi connectivity index (χ0v) is 25.2. The van der Waals surface area contributed by atoms with Gasteiger partial charge in [0.1, 0.15) is 17.8 Å². The Morgan fingerprint density at radius 2 is 1.83 bits per heavy atom. The van der Waals surface area contributed by atoms with E-state index in [4.69, 9.17) is 14.2 Å². The number of ketones is 1. The molecule has 5 rings (SSSR count). The lowest BCUT2D eigenvalue weighted by molar-refractivity contribution is -0.251. The molecule has 10 nitrogen and oxygen atoms in total. The molecule has 4 fully saturated rings. The molecule has 0 amide bonds. The number of hydrogen-bond acceptors (Lipinski definition) is 10. The minimum atomic E-state index is -2.24. The number of ether oxygens (including phenoxy) is 3. The van der Waals surface area contributed by atoms with Crippen molar-refractivity contribution >= 4 is 17.7 Å². The van der Waals surface area contributed by atoms with Crippen molar-refractivity contribution in [1.82, 2.24) is 0 Å². The summed E-state index contributed by atoms with van der Waals surface area (Å²) in [6.45, 7) is 11.8. The highest BCUT2D eigenvalue weighted by molar-refractivity contribution is 6.05. The smallest absolute Gasteiger partial charge is 0.309 e. The monoisotopic (exact) mass is 578 g/mol. The molecule has 8 unspecified atom stereocenters. The molecule has 1 heterocycles. The first-order valence-corrected chi connectivity index (χ1v) is 15.2. The van der Waals surface area contributed by atoms with Crippen LogP contribution >= 0.6 is 0 Å². The van der Waals surface area contributed by atoms with Gasteiger partial charge in [-0.2, -0.15) is 0 Å². The van der Waals surface area contributed by atoms with Crippen molar-refractivity contribution in [3.05, 3.63) is 11.6 Å². The summed E-state index contributed by atoms with van der Waals surface area (Å²) in [5.41, 5.74) is -7.97. The summed E-state index contributed by atoms with van der Waals surface area (Å²) in [6.07, 6.45) is 0.663. The predicted octanol–water partition coefficient (Wildman–Crippen LogP) is 1.84. The Labute approximate surface area is 241 Å². The molecule has 41 heavy (non-hydrogen) atoms. The van der Waals surface area contributed by atoms with Gasteiger partial charge in [-0.3, -0.25) is 14.4 Å². The molecule has 0 aromatic carbocycles. The van der Waals surface area contributed by atoms with Crippen molar-refractivity contribution in [2.75, 3.05) is 6.61 Å². The molecule has 5 aliphatic rings. The maximum Gasteiger partial charge on any atom is 0.309 e. The van der Waals surface area contributed by atoms with Crippen molar-refractivity contribution < 1.29 is 49.0 Å². The fourth-order valence-electron chi connectivity index (χ4n) is 8.83. The molecule has 4 aliphatic carbocycles. The van der Waals surface area contributed by atoms with Crippen LogP contribution in [-0.2, 0) is 28.6 Å². The normalized spacial score (nSPS) is 47.5. The molecule has 0 aromatic heterocycles. The summed E-state index contributed by atoms with van der Waals surface area (Å²) < 4.78 is 18.3. The zero-order valence-electron chi connectivity index (χ0n) is 25.2. The number of carbonyl (C=O) groups excluding carboxylic acids is 3. The van der Waals surface area contributed by atoms with Gasteiger partial charge in [0.15, 0.2) is 17.0 Å². The Bertz CT molecular complexity index is 1160. The highest BCUT2D eigenvalue weighted by Crippen LogP contribution is 2.79. The van der Waals surface area contributed by atoms with Crippen LogP contribution in [0.1, 0.15) is 80.6 Å². The largest absolute Gasteiger partial charge is 0.458 e. The molecule has 1 aliphatic heterocycles. The van der Waals surface area contributed by atoms with E-state index >= 15 is 0 Å². The van der Waals surface area contributed by atoms with Crippen molar-refractivity contribution in [3.63, 3.8) is 0 Å². The SMILES string of the molecule is CCCCCC(=O)OC1[C@@H](C)C2(O)[C@@H]3C=C(C)C(=O)C3(O)C3OC3(CO)C(O)[C@H]2[C@H]2C(C)(C)C12OC(=O)C(C)CC. The quantitative estimate of drug-likeness (QED) is 0.180. The maximum absolute atomic E-state index is 13.5. The fraction of sp³-hybridized carbons (Fsp3) is 0.839. The molecule has 3 saturated carbocycles. The third kappa shape index (κ3) is 3.63. The highest BCUT2D eigenvalue weighted by Gasteiger charge is 2.92. The van der Waals surface area contributed by atoms with E-state index < -0.39 is 100 Å². The number of fused-ring (bicyclic) bond motifs is 7. The molecule has 0 aromatic rings. The van der Waals surface area contributed by atoms with Crippen LogP contribution in [0.25, 0.3) is 0 Å². The van der Waals surface area contributed by atoms with Crippen LogP contribution in [0.5, 0.6) is 0 Å². The molecule has 0 spiro atoms. The summed E-state index contributed by atoms with van der Waals surface area (Å²) in [6, 6.07) is 0. The second-order valence-corrected chi connectivity index (χ2v) is 13.8. The van der Waals surface area contributed by atoms with Crippen LogP contribution in [0.2, 0.25) is 0 Å². The van der Waals surface area contributed by atoms with Crippen LogP contribution in [0.15, 0.2) is 11.6 Å². The highest BCUT2D eigenvalue weighted by atomic mass is 16.7. The summed E-state index contributed by atoms with van der Waals surface area (Å²) in [4.78, 5) is 40.0. The molecule has 0 bridgehead atoms. The van der Waals surface area contributed by atoms with Gasteiger partial charge < -0.3 is 34.6 Å². The first kappa shape index (κ1) is 30.6. The number of esters is 2. The number of epoxide rings is 1. The van der Waals surface area contributed by atoms with Gasteiger partial charge >= 0.3 is 11.9 Å². The topological polar surface area (TPSA) is 163 Å². The molecule has 10 heteroatoms. The number of aliphatic hydroxyl groups is 4. The summed E-state index contributed by atoms with van der Waals surface area (Å²) in [5, 5.41) is 47.3. The molecule has 230 valence electrons. The lowest BCUT2D eigenvalue weighted by Crippen LogP contribution is -2.69. The van der Waals surface area contributed by atoms with Gasteiger partial charge in [0.2, 0.25) is 0 Å². The number of carbonyl (C=O) groups is 3. The van der Waals surface area contributed by atoms with Gasteiger partial charge in [0.05, 0.1) is 24.2 Å². The molecular weight excluding hydrogens is 532 g/mol. The van der Waals surface area contributed by atoms with Crippen molar-refractivity contribution in [2.45, 2.75) is 121 Å². The number of Topliss-reactive ketones (excluding diaryl/α,β-unsaturated/α-hetero) is 1. The fourth-order valence-corrected chi connectivity index (χ4v) is 8.83. The van der Waals surface area contributed by atoms with Gasteiger partial charge in [-0.1, -0.05) is 60.5 Å². The Morgan fingerprint density at radius 1 is 1.17 bits per heavy atom.